The summed E-state index contributed by atoms with van der Waals surface area (Å²) in [5.74, 6) is 4.27. The topological polar surface area (TPSA) is 32.7 Å². The van der Waals surface area contributed by atoms with E-state index in [0.717, 1.165) is 49.4 Å². The van der Waals surface area contributed by atoms with Crippen LogP contribution in [0.25, 0.3) is 0 Å². The van der Waals surface area contributed by atoms with E-state index in [9.17, 15) is 5.11 Å². The monoisotopic (exact) mass is 487 g/mol. The van der Waals surface area contributed by atoms with Gasteiger partial charge in [-0.1, -0.05) is 43.6 Å². The van der Waals surface area contributed by atoms with Crippen LogP contribution in [-0.2, 0) is 4.74 Å². The third-order valence-electron chi connectivity index (χ3n) is 11.6. The molecule has 4 fully saturated rings. The van der Waals surface area contributed by atoms with Gasteiger partial charge in [0.1, 0.15) is 0 Å². The smallest absolute Gasteiger partial charge is 0.0765 e. The van der Waals surface area contributed by atoms with E-state index in [1.54, 1.807) is 16.7 Å². The highest BCUT2D eigenvalue weighted by atomic mass is 35.5. The number of rotatable bonds is 2. The highest BCUT2D eigenvalue weighted by molar-refractivity contribution is 6.18. The zero-order valence-electron chi connectivity index (χ0n) is 21.9. The van der Waals surface area contributed by atoms with Gasteiger partial charge in [0, 0.05) is 30.9 Å². The number of piperidine rings is 1. The lowest BCUT2D eigenvalue weighted by atomic mass is 9.56. The minimum absolute atomic E-state index is 0.00932. The van der Waals surface area contributed by atoms with Gasteiger partial charge in [0.05, 0.1) is 17.8 Å². The molecule has 1 N–H and O–H groups in total. The molecule has 0 aromatic rings. The summed E-state index contributed by atoms with van der Waals surface area (Å²) in [6, 6.07) is 0.534. The van der Waals surface area contributed by atoms with Crippen LogP contribution >= 0.6 is 11.6 Å². The van der Waals surface area contributed by atoms with Crippen LogP contribution in [0.3, 0.4) is 0 Å². The molecule has 190 valence electrons. The van der Waals surface area contributed by atoms with Crippen LogP contribution in [0.1, 0.15) is 85.5 Å². The Kier molecular flexibility index (Phi) is 6.08. The van der Waals surface area contributed by atoms with E-state index in [1.165, 1.54) is 45.1 Å². The number of ether oxygens (including phenoxy) is 1. The van der Waals surface area contributed by atoms with Crippen molar-refractivity contribution in [2.45, 2.75) is 109 Å². The molecule has 0 aromatic carbocycles. The van der Waals surface area contributed by atoms with Crippen LogP contribution in [0.5, 0.6) is 0 Å². The molecular weight excluding hydrogens is 442 g/mol. The molecule has 6 aliphatic rings. The summed E-state index contributed by atoms with van der Waals surface area (Å²) in [6.45, 7) is 12.0. The highest BCUT2D eigenvalue weighted by Gasteiger charge is 2.59. The Bertz CT molecular complexity index is 883. The van der Waals surface area contributed by atoms with E-state index in [-0.39, 0.29) is 11.7 Å². The second kappa shape index (κ2) is 8.61. The van der Waals surface area contributed by atoms with Gasteiger partial charge in [-0.05, 0) is 93.8 Å². The molecule has 0 aromatic heterocycles. The standard InChI is InChI=1S/C30H46ClNO2/c1-18-13-27-28(32(17-18)12-11-31)20(3)30(34-27)10-8-23-24-6-5-21-14-22(33)7-9-29(21,4)26(24)15-25(23)19(2)16-30/h5,18,20,22-24,26-28,33H,6-17H2,1-4H3/t18?,20-,22?,23+,24?,26+,27-,28+,29?,30+/m1/s1. The van der Waals surface area contributed by atoms with Crippen molar-refractivity contribution in [1.29, 1.82) is 0 Å². The van der Waals surface area contributed by atoms with Gasteiger partial charge in [0.2, 0.25) is 0 Å². The molecule has 4 aliphatic carbocycles. The molecule has 0 radical (unpaired) electrons. The lowest BCUT2D eigenvalue weighted by Gasteiger charge is -2.49. The predicted molar refractivity (Wildman–Crippen MR) is 139 cm³/mol. The van der Waals surface area contributed by atoms with E-state index in [0.29, 0.717) is 29.4 Å². The van der Waals surface area contributed by atoms with Gasteiger partial charge in [-0.15, -0.1) is 11.6 Å². The molecule has 3 nitrogen and oxygen atoms in total. The number of allylic oxidation sites excluding steroid dienone is 2. The average molecular weight is 488 g/mol. The largest absolute Gasteiger partial charge is 0.393 e. The molecular formula is C30H46ClNO2. The van der Waals surface area contributed by atoms with E-state index >= 15 is 0 Å². The summed E-state index contributed by atoms with van der Waals surface area (Å²) in [5.41, 5.74) is 5.34. The first-order valence-corrected chi connectivity index (χ1v) is 14.8. The molecule has 2 saturated heterocycles. The lowest BCUT2D eigenvalue weighted by Crippen LogP contribution is -2.52. The van der Waals surface area contributed by atoms with Crippen molar-refractivity contribution in [3.05, 3.63) is 22.8 Å². The molecule has 2 saturated carbocycles. The van der Waals surface area contributed by atoms with E-state index in [2.05, 4.69) is 38.7 Å². The molecule has 0 bridgehead atoms. The van der Waals surface area contributed by atoms with Gasteiger partial charge in [-0.3, -0.25) is 4.90 Å². The summed E-state index contributed by atoms with van der Waals surface area (Å²) >= 11 is 6.24. The van der Waals surface area contributed by atoms with Gasteiger partial charge in [0.25, 0.3) is 0 Å². The molecule has 10 atom stereocenters. The summed E-state index contributed by atoms with van der Waals surface area (Å²) in [7, 11) is 0. The van der Waals surface area contributed by atoms with Gasteiger partial charge in [-0.2, -0.15) is 0 Å². The fourth-order valence-corrected chi connectivity index (χ4v) is 10.2. The van der Waals surface area contributed by atoms with Crippen molar-refractivity contribution in [2.75, 3.05) is 19.0 Å². The SMILES string of the molecule is CC1=C2C[C@H]3C(CC=C4CC(O)CCC43C)[C@@H]2CC[C@@]2(C1)O[C@@H]1CC(C)CN(CCCl)[C@H]1[C@H]2C. The number of alkyl halides is 1. The van der Waals surface area contributed by atoms with Crippen LogP contribution < -0.4 is 0 Å². The molecule has 6 rings (SSSR count). The number of aliphatic hydroxyl groups is 1. The maximum absolute atomic E-state index is 10.3. The van der Waals surface area contributed by atoms with Crippen LogP contribution in [0.15, 0.2) is 22.8 Å². The van der Waals surface area contributed by atoms with Gasteiger partial charge in [-0.25, -0.2) is 0 Å². The first-order chi connectivity index (χ1) is 16.3. The Morgan fingerprint density at radius 2 is 2.03 bits per heavy atom. The summed E-state index contributed by atoms with van der Waals surface area (Å²) < 4.78 is 7.16. The van der Waals surface area contributed by atoms with Crippen molar-refractivity contribution in [3.63, 3.8) is 0 Å². The normalized spacial score (nSPS) is 50.9. The van der Waals surface area contributed by atoms with E-state index in [4.69, 9.17) is 16.3 Å². The van der Waals surface area contributed by atoms with Crippen LogP contribution in [0.2, 0.25) is 0 Å². The van der Waals surface area contributed by atoms with Crippen LogP contribution in [0.4, 0.5) is 0 Å². The lowest BCUT2D eigenvalue weighted by molar-refractivity contribution is -0.0789. The molecule has 0 amide bonds. The Labute approximate surface area is 212 Å². The second-order valence-corrected chi connectivity index (χ2v) is 13.8. The van der Waals surface area contributed by atoms with Crippen molar-refractivity contribution in [1.82, 2.24) is 4.90 Å². The molecule has 1 spiro atoms. The van der Waals surface area contributed by atoms with E-state index < -0.39 is 0 Å². The van der Waals surface area contributed by atoms with Crippen molar-refractivity contribution in [2.24, 2.45) is 35.0 Å². The Balaban J connectivity index is 1.27. The number of hydrogen-bond donors (Lipinski definition) is 1. The minimum Gasteiger partial charge on any atom is -0.393 e. The fraction of sp³-hybridized carbons (Fsp3) is 0.867. The molecule has 2 aliphatic heterocycles. The summed E-state index contributed by atoms with van der Waals surface area (Å²) in [6.07, 6.45) is 13.2. The van der Waals surface area contributed by atoms with E-state index in [1.807, 2.05) is 0 Å². The first kappa shape index (κ1) is 24.0. The zero-order valence-corrected chi connectivity index (χ0v) is 22.6. The second-order valence-electron chi connectivity index (χ2n) is 13.4. The number of nitrogens with zero attached hydrogens (tertiary/aromatic N) is 1. The van der Waals surface area contributed by atoms with Gasteiger partial charge in [0.15, 0.2) is 0 Å². The molecule has 4 heteroatoms. The molecule has 4 unspecified atom stereocenters. The number of aliphatic hydroxyl groups excluding tert-OH is 1. The number of hydrogen-bond acceptors (Lipinski definition) is 3. The number of likely N-dealkylation sites (tertiary alicyclic amines) is 1. The third-order valence-corrected chi connectivity index (χ3v) is 11.8. The third kappa shape index (κ3) is 3.54. The van der Waals surface area contributed by atoms with Crippen molar-refractivity contribution >= 4 is 11.6 Å². The highest BCUT2D eigenvalue weighted by Crippen LogP contribution is 2.63. The predicted octanol–water partition coefficient (Wildman–Crippen LogP) is 6.34. The molecule has 2 heterocycles. The Morgan fingerprint density at radius 1 is 1.21 bits per heavy atom. The maximum Gasteiger partial charge on any atom is 0.0765 e. The van der Waals surface area contributed by atoms with Crippen LogP contribution in [-0.4, -0.2) is 52.8 Å². The quantitative estimate of drug-likeness (QED) is 0.364. The average Bonchev–Trinajstić information content (AvgIpc) is 3.25. The Hall–Kier alpha value is -0.350. The molecule has 34 heavy (non-hydrogen) atoms. The first-order valence-electron chi connectivity index (χ1n) is 14.3. The van der Waals surface area contributed by atoms with Gasteiger partial charge < -0.3 is 9.84 Å². The van der Waals surface area contributed by atoms with Crippen molar-refractivity contribution < 1.29 is 9.84 Å². The minimum atomic E-state index is -0.116. The number of halogens is 1. The number of fused-ring (bicyclic) bond motifs is 6. The Morgan fingerprint density at radius 3 is 2.82 bits per heavy atom. The summed E-state index contributed by atoms with van der Waals surface area (Å²) in [4.78, 5) is 2.67. The zero-order chi connectivity index (χ0) is 23.8. The fourth-order valence-electron chi connectivity index (χ4n) is 9.95. The van der Waals surface area contributed by atoms with Crippen LogP contribution in [0, 0.1) is 35.0 Å². The van der Waals surface area contributed by atoms with Gasteiger partial charge >= 0.3 is 0 Å². The van der Waals surface area contributed by atoms with Crippen molar-refractivity contribution in [3.8, 4) is 0 Å². The summed E-state index contributed by atoms with van der Waals surface area (Å²) in [5, 5.41) is 10.3. The maximum atomic E-state index is 10.3.